The van der Waals surface area contributed by atoms with E-state index < -0.39 is 6.09 Å². The van der Waals surface area contributed by atoms with Crippen molar-refractivity contribution < 1.29 is 23.8 Å². The topological polar surface area (TPSA) is 68.3 Å². The third-order valence-electron chi connectivity index (χ3n) is 6.39. The number of halogens is 1. The van der Waals surface area contributed by atoms with E-state index in [1.54, 1.807) is 24.1 Å². The Kier molecular flexibility index (Phi) is 8.54. The van der Waals surface area contributed by atoms with Crippen molar-refractivity contribution >= 4 is 40.3 Å². The average molecular weight is 590 g/mol. The number of benzene rings is 2. The first kappa shape index (κ1) is 25.3. The van der Waals surface area contributed by atoms with Crippen molar-refractivity contribution in [3.8, 4) is 11.5 Å². The molecule has 4 rings (SSSR count). The van der Waals surface area contributed by atoms with Crippen molar-refractivity contribution in [1.82, 2.24) is 4.90 Å². The van der Waals surface area contributed by atoms with Gasteiger partial charge in [0.05, 0.1) is 37.6 Å². The van der Waals surface area contributed by atoms with Gasteiger partial charge in [-0.05, 0) is 47.3 Å². The number of nitrogens with zero attached hydrogens (tertiary/aromatic N) is 2. The monoisotopic (exact) mass is 590 g/mol. The van der Waals surface area contributed by atoms with Crippen LogP contribution < -0.4 is 14.4 Å². The Bertz CT molecular complexity index is 1090. The van der Waals surface area contributed by atoms with Gasteiger partial charge >= 0.3 is 6.09 Å². The number of rotatable bonds is 9. The molecular formula is C27H31IN2O5. The van der Waals surface area contributed by atoms with Crippen molar-refractivity contribution in [3.05, 3.63) is 65.7 Å². The highest BCUT2D eigenvalue weighted by molar-refractivity contribution is 14.1. The second kappa shape index (κ2) is 11.8. The van der Waals surface area contributed by atoms with Crippen LogP contribution in [-0.4, -0.2) is 54.2 Å². The highest BCUT2D eigenvalue weighted by Gasteiger charge is 2.39. The Morgan fingerprint density at radius 3 is 2.71 bits per heavy atom. The van der Waals surface area contributed by atoms with Crippen molar-refractivity contribution in [2.24, 2.45) is 0 Å². The molecule has 2 aromatic rings. The number of carbonyl (C=O) groups is 2. The maximum Gasteiger partial charge on any atom is 0.414 e. The molecule has 7 nitrogen and oxygen atoms in total. The smallest absolute Gasteiger partial charge is 0.414 e. The number of carbonyl (C=O) groups excluding carboxylic acids is 2. The van der Waals surface area contributed by atoms with Crippen molar-refractivity contribution in [1.29, 1.82) is 0 Å². The number of hydrogen-bond acceptors (Lipinski definition) is 5. The second-order valence-corrected chi connectivity index (χ2v) is 9.73. The minimum atomic E-state index is -0.516. The Balaban J connectivity index is 1.71. The molecule has 0 saturated heterocycles. The molecule has 186 valence electrons. The summed E-state index contributed by atoms with van der Waals surface area (Å²) in [5.41, 5.74) is 3.20. The van der Waals surface area contributed by atoms with Crippen LogP contribution in [0.4, 0.5) is 10.5 Å². The Hall–Kier alpha value is -2.75. The highest BCUT2D eigenvalue weighted by atomic mass is 127. The Morgan fingerprint density at radius 1 is 1.17 bits per heavy atom. The van der Waals surface area contributed by atoms with Gasteiger partial charge in [0.1, 0.15) is 6.61 Å². The van der Waals surface area contributed by atoms with Crippen LogP contribution in [0, 0.1) is 0 Å². The fourth-order valence-corrected chi connectivity index (χ4v) is 5.14. The zero-order valence-corrected chi connectivity index (χ0v) is 22.2. The Labute approximate surface area is 220 Å². The van der Waals surface area contributed by atoms with Crippen LogP contribution in [0.15, 0.2) is 49.1 Å². The van der Waals surface area contributed by atoms with Crippen LogP contribution in [0.2, 0.25) is 0 Å². The molecule has 0 aliphatic carbocycles. The van der Waals surface area contributed by atoms with E-state index >= 15 is 0 Å². The van der Waals surface area contributed by atoms with E-state index in [-0.39, 0.29) is 18.6 Å². The van der Waals surface area contributed by atoms with Gasteiger partial charge < -0.3 is 19.1 Å². The van der Waals surface area contributed by atoms with E-state index in [4.69, 9.17) is 14.2 Å². The summed E-state index contributed by atoms with van der Waals surface area (Å²) in [6.45, 7) is 5.08. The lowest BCUT2D eigenvalue weighted by molar-refractivity contribution is 0.0654. The molecule has 2 heterocycles. The number of alkyl halides is 1. The number of ether oxygens (including phenoxy) is 3. The van der Waals surface area contributed by atoms with Gasteiger partial charge in [-0.25, -0.2) is 4.79 Å². The van der Waals surface area contributed by atoms with Gasteiger partial charge in [0.25, 0.3) is 5.91 Å². The van der Waals surface area contributed by atoms with Crippen molar-refractivity contribution in [2.75, 3.05) is 36.2 Å². The summed E-state index contributed by atoms with van der Waals surface area (Å²) in [5, 5.41) is 0. The van der Waals surface area contributed by atoms with Crippen LogP contribution in [0.1, 0.15) is 40.7 Å². The van der Waals surface area contributed by atoms with Crippen LogP contribution >= 0.6 is 22.6 Å². The fraction of sp³-hybridized carbons (Fsp3) is 0.407. The molecule has 0 fully saturated rings. The first-order valence-corrected chi connectivity index (χ1v) is 13.4. The number of fused-ring (bicyclic) bond motifs is 3. The molecule has 0 spiro atoms. The molecule has 2 aliphatic rings. The summed E-state index contributed by atoms with van der Waals surface area (Å²) in [7, 11) is 1.56. The van der Waals surface area contributed by atoms with Gasteiger partial charge in [-0.15, -0.1) is 0 Å². The predicted molar refractivity (Wildman–Crippen MR) is 144 cm³/mol. The minimum Gasteiger partial charge on any atom is -0.493 e. The lowest BCUT2D eigenvalue weighted by atomic mass is 9.93. The normalized spacial score (nSPS) is 16.5. The standard InChI is InChI=1S/C27H31IN2O5/c1-3-12-35-27(32)30-18-21-14-19-9-5-6-10-20(19)17-29(21)26(31)22-15-24(33-2)25(16-23(22)30)34-13-8-4-7-11-28/h3,5-6,9-10,15-16,21H,1,4,7-8,11-14,17-18H2,2H3/t21-/m0/s1. The van der Waals surface area contributed by atoms with Gasteiger partial charge in [0, 0.05) is 12.6 Å². The van der Waals surface area contributed by atoms with Gasteiger partial charge in [0.2, 0.25) is 0 Å². The maximum atomic E-state index is 13.8. The summed E-state index contributed by atoms with van der Waals surface area (Å²) < 4.78 is 18.2. The molecule has 2 aliphatic heterocycles. The van der Waals surface area contributed by atoms with Crippen LogP contribution in [0.25, 0.3) is 0 Å². The number of anilines is 1. The van der Waals surface area contributed by atoms with E-state index in [1.165, 1.54) is 11.6 Å². The average Bonchev–Trinajstić information content (AvgIpc) is 2.99. The van der Waals surface area contributed by atoms with E-state index in [2.05, 4.69) is 41.3 Å². The molecule has 2 aromatic carbocycles. The summed E-state index contributed by atoms with van der Waals surface area (Å²) in [6.07, 6.45) is 4.81. The molecule has 0 bridgehead atoms. The molecule has 2 amide bonds. The zero-order valence-electron chi connectivity index (χ0n) is 20.0. The third kappa shape index (κ3) is 5.58. The number of methoxy groups -OCH3 is 1. The zero-order chi connectivity index (χ0) is 24.8. The largest absolute Gasteiger partial charge is 0.493 e. The van der Waals surface area contributed by atoms with Crippen LogP contribution in [0.5, 0.6) is 11.5 Å². The summed E-state index contributed by atoms with van der Waals surface area (Å²) in [4.78, 5) is 30.4. The SMILES string of the molecule is C=CCOC(=O)N1C[C@@H]2Cc3ccccc3CN2C(=O)c2cc(OC)c(OCCCCCI)cc21. The molecule has 35 heavy (non-hydrogen) atoms. The molecule has 1 atom stereocenters. The third-order valence-corrected chi connectivity index (χ3v) is 7.16. The number of unbranched alkanes of at least 4 members (excludes halogenated alkanes) is 2. The number of hydrogen-bond donors (Lipinski definition) is 0. The summed E-state index contributed by atoms with van der Waals surface area (Å²) >= 11 is 2.37. The van der Waals surface area contributed by atoms with Crippen molar-refractivity contribution in [2.45, 2.75) is 38.3 Å². The fourth-order valence-electron chi connectivity index (χ4n) is 4.60. The highest BCUT2D eigenvalue weighted by Crippen LogP contribution is 2.40. The molecular weight excluding hydrogens is 559 g/mol. The first-order valence-electron chi connectivity index (χ1n) is 11.9. The molecule has 0 aromatic heterocycles. The molecule has 0 radical (unpaired) electrons. The van der Waals surface area contributed by atoms with E-state index in [0.29, 0.717) is 48.9 Å². The predicted octanol–water partition coefficient (Wildman–Crippen LogP) is 5.39. The van der Waals surface area contributed by atoms with Gasteiger partial charge in [-0.2, -0.15) is 0 Å². The van der Waals surface area contributed by atoms with E-state index in [0.717, 1.165) is 29.3 Å². The van der Waals surface area contributed by atoms with Gasteiger partial charge in [-0.3, -0.25) is 9.69 Å². The maximum absolute atomic E-state index is 13.8. The first-order chi connectivity index (χ1) is 17.1. The van der Waals surface area contributed by atoms with Gasteiger partial charge in [0.15, 0.2) is 11.5 Å². The van der Waals surface area contributed by atoms with Crippen molar-refractivity contribution in [3.63, 3.8) is 0 Å². The summed E-state index contributed by atoms with van der Waals surface area (Å²) in [5.74, 6) is 0.852. The van der Waals surface area contributed by atoms with Gasteiger partial charge in [-0.1, -0.05) is 59.5 Å². The Morgan fingerprint density at radius 2 is 1.97 bits per heavy atom. The molecule has 0 saturated carbocycles. The number of amides is 2. The second-order valence-electron chi connectivity index (χ2n) is 8.65. The van der Waals surface area contributed by atoms with E-state index in [9.17, 15) is 9.59 Å². The van der Waals surface area contributed by atoms with E-state index in [1.807, 2.05) is 17.0 Å². The lowest BCUT2D eigenvalue weighted by Crippen LogP contribution is -2.48. The summed E-state index contributed by atoms with van der Waals surface area (Å²) in [6, 6.07) is 11.4. The van der Waals surface area contributed by atoms with Crippen LogP contribution in [0.3, 0.4) is 0 Å². The molecule has 0 unspecified atom stereocenters. The molecule has 8 heteroatoms. The lowest BCUT2D eigenvalue weighted by Gasteiger charge is -2.36. The minimum absolute atomic E-state index is 0.0894. The quantitative estimate of drug-likeness (QED) is 0.170. The molecule has 0 N–H and O–H groups in total. The van der Waals surface area contributed by atoms with Crippen LogP contribution in [-0.2, 0) is 17.7 Å².